The first-order chi connectivity index (χ1) is 9.79. The molecule has 0 aromatic heterocycles. The van der Waals surface area contributed by atoms with E-state index in [0.29, 0.717) is 6.04 Å². The summed E-state index contributed by atoms with van der Waals surface area (Å²) < 4.78 is 0. The number of nitrogens with zero attached hydrogens (tertiary/aromatic N) is 1. The maximum atomic E-state index is 6.25. The van der Waals surface area contributed by atoms with Crippen LogP contribution in [0, 0.1) is 17.8 Å². The number of piperidine rings is 1. The van der Waals surface area contributed by atoms with Gasteiger partial charge in [-0.3, -0.25) is 4.90 Å². The molecule has 116 valence electrons. The van der Waals surface area contributed by atoms with Gasteiger partial charge in [-0.15, -0.1) is 0 Å². The fourth-order valence-corrected chi connectivity index (χ4v) is 5.34. The van der Waals surface area contributed by atoms with Crippen LogP contribution in [0.5, 0.6) is 0 Å². The molecule has 3 atom stereocenters. The summed E-state index contributed by atoms with van der Waals surface area (Å²) in [5, 5.41) is 0. The molecule has 0 radical (unpaired) electrons. The zero-order chi connectivity index (χ0) is 13.9. The zero-order valence-corrected chi connectivity index (χ0v) is 13.4. The lowest BCUT2D eigenvalue weighted by Gasteiger charge is -2.50. The summed E-state index contributed by atoms with van der Waals surface area (Å²) in [5.74, 6) is 2.83. The van der Waals surface area contributed by atoms with Gasteiger partial charge in [0.15, 0.2) is 0 Å². The van der Waals surface area contributed by atoms with E-state index >= 15 is 0 Å². The van der Waals surface area contributed by atoms with Gasteiger partial charge in [0.25, 0.3) is 0 Å². The Bertz CT molecular complexity index is 294. The van der Waals surface area contributed by atoms with Crippen molar-refractivity contribution in [3.8, 4) is 0 Å². The number of hydrogen-bond acceptors (Lipinski definition) is 2. The van der Waals surface area contributed by atoms with Crippen molar-refractivity contribution in [1.29, 1.82) is 0 Å². The van der Waals surface area contributed by atoms with E-state index in [1.54, 1.807) is 0 Å². The fraction of sp³-hybridized carbons (Fsp3) is 1.00. The standard InChI is InChI=1S/C18H34N2/c1-14-8-10-16(11-9-14)18(13-19)20-12-4-6-15-5-2-3-7-17(15)20/h14-18H,2-13,19H2,1H3. The molecule has 3 fully saturated rings. The Labute approximate surface area is 125 Å². The van der Waals surface area contributed by atoms with Crippen molar-refractivity contribution in [2.75, 3.05) is 13.1 Å². The molecular weight excluding hydrogens is 244 g/mol. The summed E-state index contributed by atoms with van der Waals surface area (Å²) >= 11 is 0. The topological polar surface area (TPSA) is 29.3 Å². The second-order valence-corrected chi connectivity index (χ2v) is 7.81. The summed E-state index contributed by atoms with van der Waals surface area (Å²) in [7, 11) is 0. The molecular formula is C18H34N2. The molecule has 2 aliphatic carbocycles. The minimum absolute atomic E-state index is 0.688. The molecule has 20 heavy (non-hydrogen) atoms. The van der Waals surface area contributed by atoms with Crippen molar-refractivity contribution >= 4 is 0 Å². The highest BCUT2D eigenvalue weighted by Gasteiger charge is 2.39. The molecule has 0 amide bonds. The van der Waals surface area contributed by atoms with Gasteiger partial charge in [0.1, 0.15) is 0 Å². The highest BCUT2D eigenvalue weighted by atomic mass is 15.2. The highest BCUT2D eigenvalue weighted by molar-refractivity contribution is 4.93. The molecule has 1 aliphatic heterocycles. The highest BCUT2D eigenvalue weighted by Crippen LogP contribution is 2.39. The third-order valence-electron chi connectivity index (χ3n) is 6.56. The van der Waals surface area contributed by atoms with Crippen LogP contribution < -0.4 is 5.73 Å². The Hall–Kier alpha value is -0.0800. The van der Waals surface area contributed by atoms with Crippen LogP contribution in [-0.2, 0) is 0 Å². The Morgan fingerprint density at radius 3 is 2.40 bits per heavy atom. The third-order valence-corrected chi connectivity index (χ3v) is 6.56. The molecule has 1 heterocycles. The molecule has 0 aromatic carbocycles. The molecule has 2 heteroatoms. The zero-order valence-electron chi connectivity index (χ0n) is 13.4. The van der Waals surface area contributed by atoms with Gasteiger partial charge in [0.2, 0.25) is 0 Å². The largest absolute Gasteiger partial charge is 0.329 e. The molecule has 2 N–H and O–H groups in total. The van der Waals surface area contributed by atoms with E-state index in [0.717, 1.165) is 30.3 Å². The molecule has 0 aromatic rings. The summed E-state index contributed by atoms with van der Waals surface area (Å²) in [6, 6.07) is 1.57. The second kappa shape index (κ2) is 6.79. The Morgan fingerprint density at radius 1 is 0.950 bits per heavy atom. The second-order valence-electron chi connectivity index (χ2n) is 7.81. The van der Waals surface area contributed by atoms with Gasteiger partial charge in [0.05, 0.1) is 0 Å². The van der Waals surface area contributed by atoms with Crippen molar-refractivity contribution < 1.29 is 0 Å². The van der Waals surface area contributed by atoms with Gasteiger partial charge >= 0.3 is 0 Å². The van der Waals surface area contributed by atoms with Gasteiger partial charge in [-0.25, -0.2) is 0 Å². The van der Waals surface area contributed by atoms with Crippen LogP contribution >= 0.6 is 0 Å². The first-order valence-electron chi connectivity index (χ1n) is 9.25. The smallest absolute Gasteiger partial charge is 0.0249 e. The number of rotatable bonds is 3. The van der Waals surface area contributed by atoms with E-state index in [2.05, 4.69) is 11.8 Å². The van der Waals surface area contributed by atoms with E-state index in [1.807, 2.05) is 0 Å². The average molecular weight is 278 g/mol. The first kappa shape index (κ1) is 14.8. The van der Waals surface area contributed by atoms with Gasteiger partial charge < -0.3 is 5.73 Å². The van der Waals surface area contributed by atoms with Gasteiger partial charge in [-0.05, 0) is 62.8 Å². The monoisotopic (exact) mass is 278 g/mol. The predicted molar refractivity (Wildman–Crippen MR) is 85.7 cm³/mol. The summed E-state index contributed by atoms with van der Waals surface area (Å²) in [4.78, 5) is 2.88. The quantitative estimate of drug-likeness (QED) is 0.851. The minimum atomic E-state index is 0.688. The molecule has 0 bridgehead atoms. The lowest BCUT2D eigenvalue weighted by atomic mass is 9.74. The maximum Gasteiger partial charge on any atom is 0.0249 e. The van der Waals surface area contributed by atoms with Gasteiger partial charge in [-0.2, -0.15) is 0 Å². The predicted octanol–water partition coefficient (Wildman–Crippen LogP) is 3.79. The minimum Gasteiger partial charge on any atom is -0.329 e. The molecule has 1 saturated heterocycles. The Morgan fingerprint density at radius 2 is 1.65 bits per heavy atom. The van der Waals surface area contributed by atoms with E-state index < -0.39 is 0 Å². The SMILES string of the molecule is CC1CCC(C(CN)N2CCCC3CCCCC32)CC1. The van der Waals surface area contributed by atoms with Crippen molar-refractivity contribution in [1.82, 2.24) is 4.90 Å². The third kappa shape index (κ3) is 3.06. The number of nitrogens with two attached hydrogens (primary N) is 1. The average Bonchev–Trinajstić information content (AvgIpc) is 2.50. The van der Waals surface area contributed by atoms with Crippen LogP contribution in [-0.4, -0.2) is 30.1 Å². The van der Waals surface area contributed by atoms with E-state index in [1.165, 1.54) is 70.8 Å². The number of likely N-dealkylation sites (tertiary alicyclic amines) is 1. The first-order valence-corrected chi connectivity index (χ1v) is 9.25. The van der Waals surface area contributed by atoms with Crippen LogP contribution in [0.25, 0.3) is 0 Å². The molecule has 3 rings (SSSR count). The summed E-state index contributed by atoms with van der Waals surface area (Å²) in [5.41, 5.74) is 6.25. The van der Waals surface area contributed by atoms with Crippen molar-refractivity contribution in [2.45, 2.75) is 83.2 Å². The van der Waals surface area contributed by atoms with Crippen LogP contribution in [0.1, 0.15) is 71.1 Å². The van der Waals surface area contributed by atoms with Crippen LogP contribution in [0.15, 0.2) is 0 Å². The van der Waals surface area contributed by atoms with Crippen molar-refractivity contribution in [3.05, 3.63) is 0 Å². The molecule has 0 spiro atoms. The molecule has 3 unspecified atom stereocenters. The van der Waals surface area contributed by atoms with Gasteiger partial charge in [0, 0.05) is 18.6 Å². The maximum absolute atomic E-state index is 6.25. The lowest BCUT2D eigenvalue weighted by Crippen LogP contribution is -2.56. The Kier molecular flexibility index (Phi) is 5.04. The van der Waals surface area contributed by atoms with Gasteiger partial charge in [-0.1, -0.05) is 32.6 Å². The Balaban J connectivity index is 1.67. The molecule has 3 aliphatic rings. The van der Waals surface area contributed by atoms with Crippen LogP contribution in [0.4, 0.5) is 0 Å². The lowest BCUT2D eigenvalue weighted by molar-refractivity contribution is -0.00123. The fourth-order valence-electron chi connectivity index (χ4n) is 5.34. The summed E-state index contributed by atoms with van der Waals surface area (Å²) in [6.45, 7) is 4.64. The van der Waals surface area contributed by atoms with Crippen LogP contribution in [0.2, 0.25) is 0 Å². The summed E-state index contributed by atoms with van der Waals surface area (Å²) in [6.07, 6.45) is 14.5. The molecule has 2 nitrogen and oxygen atoms in total. The van der Waals surface area contributed by atoms with E-state index in [9.17, 15) is 0 Å². The molecule has 2 saturated carbocycles. The number of hydrogen-bond donors (Lipinski definition) is 1. The van der Waals surface area contributed by atoms with E-state index in [-0.39, 0.29) is 0 Å². The normalized spacial score (nSPS) is 41.1. The van der Waals surface area contributed by atoms with Crippen molar-refractivity contribution in [2.24, 2.45) is 23.5 Å². The van der Waals surface area contributed by atoms with Crippen molar-refractivity contribution in [3.63, 3.8) is 0 Å². The number of fused-ring (bicyclic) bond motifs is 1. The van der Waals surface area contributed by atoms with Crippen LogP contribution in [0.3, 0.4) is 0 Å². The van der Waals surface area contributed by atoms with E-state index in [4.69, 9.17) is 5.73 Å².